The molecule has 9 heteroatoms. The average molecular weight is 382 g/mol. The van der Waals surface area contributed by atoms with Gasteiger partial charge in [0.1, 0.15) is 17.1 Å². The second kappa shape index (κ2) is 8.43. The minimum atomic E-state index is -4.98. The zero-order valence-corrected chi connectivity index (χ0v) is 14.5. The van der Waals surface area contributed by atoms with E-state index in [4.69, 9.17) is 9.47 Å². The summed E-state index contributed by atoms with van der Waals surface area (Å²) in [6.45, 7) is 0.0236. The van der Waals surface area contributed by atoms with Gasteiger partial charge >= 0.3 is 12.1 Å². The second-order valence-electron chi connectivity index (χ2n) is 5.37. The van der Waals surface area contributed by atoms with Gasteiger partial charge in [-0.25, -0.2) is 0 Å². The van der Waals surface area contributed by atoms with E-state index >= 15 is 0 Å². The summed E-state index contributed by atoms with van der Waals surface area (Å²) in [5, 5.41) is 4.40. The molecule has 2 aromatic rings. The van der Waals surface area contributed by atoms with Gasteiger partial charge < -0.3 is 20.1 Å². The van der Waals surface area contributed by atoms with Gasteiger partial charge in [-0.3, -0.25) is 9.59 Å². The van der Waals surface area contributed by atoms with Crippen LogP contribution in [0.4, 0.5) is 18.9 Å². The Kier molecular flexibility index (Phi) is 6.27. The van der Waals surface area contributed by atoms with E-state index < -0.39 is 18.0 Å². The normalized spacial score (nSPS) is 10.9. The number of carbonyl (C=O) groups excluding carboxylic acids is 2. The topological polar surface area (TPSA) is 76.7 Å². The summed E-state index contributed by atoms with van der Waals surface area (Å²) in [6.07, 6.45) is -4.98. The lowest BCUT2D eigenvalue weighted by atomic mass is 10.1. The van der Waals surface area contributed by atoms with Crippen molar-refractivity contribution in [2.75, 3.05) is 19.5 Å². The molecule has 0 unspecified atom stereocenters. The summed E-state index contributed by atoms with van der Waals surface area (Å²) >= 11 is 0. The van der Waals surface area contributed by atoms with E-state index in [9.17, 15) is 22.8 Å². The fourth-order valence-corrected chi connectivity index (χ4v) is 2.31. The molecule has 2 amide bonds. The first-order chi connectivity index (χ1) is 12.8. The van der Waals surface area contributed by atoms with Crippen LogP contribution in [0.3, 0.4) is 0 Å². The van der Waals surface area contributed by atoms with Crippen LogP contribution in [-0.4, -0.2) is 32.2 Å². The second-order valence-corrected chi connectivity index (χ2v) is 5.37. The Balaban J connectivity index is 2.10. The first-order valence-corrected chi connectivity index (χ1v) is 7.72. The smallest absolute Gasteiger partial charge is 0.471 e. The van der Waals surface area contributed by atoms with Crippen molar-refractivity contribution < 1.29 is 32.2 Å². The lowest BCUT2D eigenvalue weighted by Gasteiger charge is -2.13. The van der Waals surface area contributed by atoms with Crippen molar-refractivity contribution in [2.45, 2.75) is 12.7 Å². The zero-order chi connectivity index (χ0) is 20.0. The van der Waals surface area contributed by atoms with E-state index in [2.05, 4.69) is 5.32 Å². The molecular formula is C18H17F3N2O4. The van der Waals surface area contributed by atoms with Gasteiger partial charge in [0.05, 0.1) is 14.2 Å². The molecule has 0 saturated carbocycles. The summed E-state index contributed by atoms with van der Waals surface area (Å²) in [4.78, 5) is 23.5. The molecule has 0 spiro atoms. The number of benzene rings is 2. The molecule has 0 aliphatic heterocycles. The molecular weight excluding hydrogens is 365 g/mol. The minimum Gasteiger partial charge on any atom is -0.496 e. The van der Waals surface area contributed by atoms with Gasteiger partial charge in [0, 0.05) is 12.2 Å². The summed E-state index contributed by atoms with van der Waals surface area (Å²) < 4.78 is 47.3. The molecule has 0 atom stereocenters. The van der Waals surface area contributed by atoms with Crippen LogP contribution < -0.4 is 20.1 Å². The number of hydrogen-bond donors (Lipinski definition) is 2. The van der Waals surface area contributed by atoms with Crippen LogP contribution in [0.25, 0.3) is 0 Å². The predicted molar refractivity (Wildman–Crippen MR) is 91.8 cm³/mol. The molecule has 144 valence electrons. The number of halogens is 3. The monoisotopic (exact) mass is 382 g/mol. The molecule has 0 fully saturated rings. The highest BCUT2D eigenvalue weighted by Gasteiger charge is 2.38. The van der Waals surface area contributed by atoms with Crippen molar-refractivity contribution in [1.82, 2.24) is 5.32 Å². The summed E-state index contributed by atoms with van der Waals surface area (Å²) in [5.74, 6) is -1.91. The van der Waals surface area contributed by atoms with Gasteiger partial charge in [0.15, 0.2) is 0 Å². The number of hydrogen-bond acceptors (Lipinski definition) is 4. The molecule has 0 bridgehead atoms. The summed E-state index contributed by atoms with van der Waals surface area (Å²) in [5.41, 5.74) is 0.667. The Morgan fingerprint density at radius 1 is 1.00 bits per heavy atom. The number of amides is 2. The predicted octanol–water partition coefficient (Wildman–Crippen LogP) is 3.13. The van der Waals surface area contributed by atoms with Crippen LogP contribution in [0.5, 0.6) is 11.5 Å². The van der Waals surface area contributed by atoms with Crippen molar-refractivity contribution >= 4 is 17.5 Å². The van der Waals surface area contributed by atoms with Crippen molar-refractivity contribution in [2.24, 2.45) is 0 Å². The summed E-state index contributed by atoms with van der Waals surface area (Å²) in [6, 6.07) is 10.6. The molecule has 6 nitrogen and oxygen atoms in total. The molecule has 2 aromatic carbocycles. The molecule has 0 aliphatic rings. The van der Waals surface area contributed by atoms with Crippen LogP contribution in [0, 0.1) is 0 Å². The molecule has 0 saturated heterocycles. The highest BCUT2D eigenvalue weighted by molar-refractivity contribution is 5.99. The van der Waals surface area contributed by atoms with E-state index in [1.165, 1.54) is 32.4 Å². The van der Waals surface area contributed by atoms with Crippen LogP contribution >= 0.6 is 0 Å². The maximum absolute atomic E-state index is 12.5. The Hall–Kier alpha value is -3.23. The van der Waals surface area contributed by atoms with Gasteiger partial charge in [-0.1, -0.05) is 18.2 Å². The molecule has 0 aliphatic carbocycles. The lowest BCUT2D eigenvalue weighted by molar-refractivity contribution is -0.167. The molecule has 0 heterocycles. The number of methoxy groups -OCH3 is 2. The van der Waals surface area contributed by atoms with Gasteiger partial charge in [0.25, 0.3) is 5.91 Å². The quantitative estimate of drug-likeness (QED) is 0.805. The maximum atomic E-state index is 12.5. The third-order valence-electron chi connectivity index (χ3n) is 3.55. The Morgan fingerprint density at radius 3 is 2.15 bits per heavy atom. The molecule has 0 aromatic heterocycles. The van der Waals surface area contributed by atoms with Crippen molar-refractivity contribution in [1.29, 1.82) is 0 Å². The standard InChI is InChI=1S/C18H17F3N2O4/c1-26-13-7-4-8-14(27-2)15(13)16(24)22-10-11-5-3-6-12(9-11)23-17(25)18(19,20)21/h3-9H,10H2,1-2H3,(H,22,24)(H,23,25). The third-order valence-corrected chi connectivity index (χ3v) is 3.55. The van der Waals surface area contributed by atoms with Crippen LogP contribution in [0.2, 0.25) is 0 Å². The first kappa shape index (κ1) is 20.1. The Morgan fingerprint density at radius 2 is 1.59 bits per heavy atom. The average Bonchev–Trinajstić information content (AvgIpc) is 2.64. The number of nitrogens with one attached hydrogen (secondary N) is 2. The third kappa shape index (κ3) is 5.13. The molecule has 0 radical (unpaired) electrons. The molecule has 27 heavy (non-hydrogen) atoms. The van der Waals surface area contributed by atoms with Crippen LogP contribution in [0.15, 0.2) is 42.5 Å². The largest absolute Gasteiger partial charge is 0.496 e. The SMILES string of the molecule is COc1cccc(OC)c1C(=O)NCc1cccc(NC(=O)C(F)(F)F)c1. The minimum absolute atomic E-state index is 0.0236. The van der Waals surface area contributed by atoms with E-state index in [1.54, 1.807) is 29.6 Å². The molecule has 2 rings (SSSR count). The van der Waals surface area contributed by atoms with E-state index in [1.807, 2.05) is 0 Å². The van der Waals surface area contributed by atoms with E-state index in [0.717, 1.165) is 0 Å². The van der Waals surface area contributed by atoms with Crippen molar-refractivity contribution in [3.05, 3.63) is 53.6 Å². The van der Waals surface area contributed by atoms with Crippen LogP contribution in [-0.2, 0) is 11.3 Å². The van der Waals surface area contributed by atoms with Gasteiger partial charge in [-0.2, -0.15) is 13.2 Å². The number of rotatable bonds is 6. The van der Waals surface area contributed by atoms with E-state index in [-0.39, 0.29) is 17.8 Å². The number of anilines is 1. The van der Waals surface area contributed by atoms with Crippen LogP contribution in [0.1, 0.15) is 15.9 Å². The number of alkyl halides is 3. The van der Waals surface area contributed by atoms with Gasteiger partial charge in [-0.15, -0.1) is 0 Å². The number of carbonyl (C=O) groups is 2. The van der Waals surface area contributed by atoms with E-state index in [0.29, 0.717) is 17.1 Å². The zero-order valence-electron chi connectivity index (χ0n) is 14.5. The lowest BCUT2D eigenvalue weighted by Crippen LogP contribution is -2.30. The fraction of sp³-hybridized carbons (Fsp3) is 0.222. The van der Waals surface area contributed by atoms with Crippen molar-refractivity contribution in [3.8, 4) is 11.5 Å². The number of ether oxygens (including phenoxy) is 2. The summed E-state index contributed by atoms with van der Waals surface area (Å²) in [7, 11) is 2.83. The fourth-order valence-electron chi connectivity index (χ4n) is 2.31. The Bertz CT molecular complexity index is 815. The first-order valence-electron chi connectivity index (χ1n) is 7.72. The highest BCUT2D eigenvalue weighted by atomic mass is 19.4. The van der Waals surface area contributed by atoms with Gasteiger partial charge in [-0.05, 0) is 29.8 Å². The van der Waals surface area contributed by atoms with Crippen molar-refractivity contribution in [3.63, 3.8) is 0 Å². The maximum Gasteiger partial charge on any atom is 0.471 e. The molecule has 2 N–H and O–H groups in total. The highest BCUT2D eigenvalue weighted by Crippen LogP contribution is 2.28. The van der Waals surface area contributed by atoms with Gasteiger partial charge in [0.2, 0.25) is 0 Å². The Labute approximate surface area is 153 Å².